The van der Waals surface area contributed by atoms with Crippen LogP contribution >= 0.6 is 11.6 Å². The highest BCUT2D eigenvalue weighted by Gasteiger charge is 2.19. The molecule has 0 spiro atoms. The van der Waals surface area contributed by atoms with Crippen LogP contribution in [0.5, 0.6) is 0 Å². The van der Waals surface area contributed by atoms with Gasteiger partial charge in [-0.05, 0) is 32.4 Å². The van der Waals surface area contributed by atoms with Gasteiger partial charge in [-0.15, -0.1) is 0 Å². The molecule has 0 atom stereocenters. The Bertz CT molecular complexity index is 496. The van der Waals surface area contributed by atoms with Crippen molar-refractivity contribution in [1.29, 1.82) is 5.41 Å². The number of aromatic nitrogens is 1. The summed E-state index contributed by atoms with van der Waals surface area (Å²) in [5.41, 5.74) is 1.81. The van der Waals surface area contributed by atoms with E-state index in [1.807, 2.05) is 18.2 Å². The van der Waals surface area contributed by atoms with Gasteiger partial charge in [-0.1, -0.05) is 17.7 Å². The summed E-state index contributed by atoms with van der Waals surface area (Å²) in [7, 11) is 0. The molecule has 0 amide bonds. The molecule has 2 rings (SSSR count). The lowest BCUT2D eigenvalue weighted by molar-refractivity contribution is 0.247. The van der Waals surface area contributed by atoms with E-state index in [2.05, 4.69) is 29.0 Å². The normalized spacial score (nSPS) is 19.4. The van der Waals surface area contributed by atoms with Crippen LogP contribution in [0.1, 0.15) is 26.0 Å². The Morgan fingerprint density at radius 3 is 2.90 bits per heavy atom. The Kier molecular flexibility index (Phi) is 5.15. The summed E-state index contributed by atoms with van der Waals surface area (Å²) < 4.78 is 0. The molecule has 20 heavy (non-hydrogen) atoms. The SMILES string of the molecule is CC(C)N1CCCN/C(=C(/Cl)C(=N)c2ccccn2)C1. The maximum atomic E-state index is 8.21. The summed E-state index contributed by atoms with van der Waals surface area (Å²) in [6.07, 6.45) is 2.77. The van der Waals surface area contributed by atoms with Crippen LogP contribution in [-0.2, 0) is 0 Å². The lowest BCUT2D eigenvalue weighted by Gasteiger charge is -2.25. The first-order valence-electron chi connectivity index (χ1n) is 6.96. The van der Waals surface area contributed by atoms with E-state index < -0.39 is 0 Å². The molecule has 1 fully saturated rings. The molecule has 1 aliphatic rings. The molecule has 1 aromatic heterocycles. The van der Waals surface area contributed by atoms with Gasteiger partial charge in [0.25, 0.3) is 0 Å². The minimum atomic E-state index is 0.278. The van der Waals surface area contributed by atoms with Crippen molar-refractivity contribution in [2.45, 2.75) is 26.3 Å². The van der Waals surface area contributed by atoms with Gasteiger partial charge in [0.2, 0.25) is 0 Å². The van der Waals surface area contributed by atoms with Gasteiger partial charge in [-0.25, -0.2) is 0 Å². The third-order valence-corrected chi connectivity index (χ3v) is 3.87. The van der Waals surface area contributed by atoms with Crippen molar-refractivity contribution < 1.29 is 0 Å². The van der Waals surface area contributed by atoms with Gasteiger partial charge in [0.1, 0.15) is 5.71 Å². The van der Waals surface area contributed by atoms with E-state index in [0.717, 1.165) is 31.8 Å². The molecule has 2 heterocycles. The second-order valence-corrected chi connectivity index (χ2v) is 5.61. The summed E-state index contributed by atoms with van der Waals surface area (Å²) in [6.45, 7) is 7.06. The van der Waals surface area contributed by atoms with Crippen molar-refractivity contribution in [3.63, 3.8) is 0 Å². The molecule has 2 N–H and O–H groups in total. The van der Waals surface area contributed by atoms with Crippen LogP contribution in [0, 0.1) is 5.41 Å². The minimum absolute atomic E-state index is 0.278. The fourth-order valence-corrected chi connectivity index (χ4v) is 2.44. The van der Waals surface area contributed by atoms with E-state index in [9.17, 15) is 0 Å². The quantitative estimate of drug-likeness (QED) is 0.842. The predicted molar refractivity (Wildman–Crippen MR) is 83.3 cm³/mol. The molecule has 0 aromatic carbocycles. The van der Waals surface area contributed by atoms with E-state index in [0.29, 0.717) is 16.8 Å². The average Bonchev–Trinajstić information content (AvgIpc) is 2.72. The Balaban J connectivity index is 2.23. The van der Waals surface area contributed by atoms with E-state index >= 15 is 0 Å². The zero-order valence-electron chi connectivity index (χ0n) is 12.0. The Labute approximate surface area is 125 Å². The number of pyridine rings is 1. The van der Waals surface area contributed by atoms with Gasteiger partial charge >= 0.3 is 0 Å². The predicted octanol–water partition coefficient (Wildman–Crippen LogP) is 2.60. The summed E-state index contributed by atoms with van der Waals surface area (Å²) >= 11 is 6.41. The number of nitrogens with zero attached hydrogens (tertiary/aromatic N) is 2. The van der Waals surface area contributed by atoms with Crippen LogP contribution in [0.3, 0.4) is 0 Å². The van der Waals surface area contributed by atoms with Crippen LogP contribution in [0.25, 0.3) is 0 Å². The second kappa shape index (κ2) is 6.86. The molecule has 0 bridgehead atoms. The van der Waals surface area contributed by atoms with Gasteiger partial charge < -0.3 is 5.32 Å². The number of hydrogen-bond acceptors (Lipinski definition) is 4. The van der Waals surface area contributed by atoms with E-state index in [-0.39, 0.29) is 5.71 Å². The highest BCUT2D eigenvalue weighted by molar-refractivity contribution is 6.45. The zero-order chi connectivity index (χ0) is 14.5. The second-order valence-electron chi connectivity index (χ2n) is 5.23. The van der Waals surface area contributed by atoms with Gasteiger partial charge in [-0.2, -0.15) is 0 Å². The summed E-state index contributed by atoms with van der Waals surface area (Å²) in [6, 6.07) is 5.98. The van der Waals surface area contributed by atoms with Crippen LogP contribution < -0.4 is 5.32 Å². The maximum Gasteiger partial charge on any atom is 0.100 e. The lowest BCUT2D eigenvalue weighted by atomic mass is 10.2. The average molecular weight is 293 g/mol. The van der Waals surface area contributed by atoms with Crippen molar-refractivity contribution in [2.24, 2.45) is 0 Å². The standard InChI is InChI=1S/C15H21ClN4/c1-11(2)20-9-5-8-19-13(10-20)14(16)15(17)12-6-3-4-7-18-12/h3-4,6-7,11,17,19H,5,8-10H2,1-2H3/b14-13+,17-15?. The smallest absolute Gasteiger partial charge is 0.100 e. The fourth-order valence-electron chi connectivity index (χ4n) is 2.22. The van der Waals surface area contributed by atoms with Crippen molar-refractivity contribution in [2.75, 3.05) is 19.6 Å². The number of rotatable bonds is 3. The van der Waals surface area contributed by atoms with Gasteiger partial charge in [0.15, 0.2) is 0 Å². The maximum absolute atomic E-state index is 8.21. The Hall–Kier alpha value is -1.39. The van der Waals surface area contributed by atoms with Crippen molar-refractivity contribution in [1.82, 2.24) is 15.2 Å². The number of allylic oxidation sites excluding steroid dienone is 1. The third-order valence-electron chi connectivity index (χ3n) is 3.46. The largest absolute Gasteiger partial charge is 0.386 e. The highest BCUT2D eigenvalue weighted by atomic mass is 35.5. The molecule has 1 aromatic rings. The van der Waals surface area contributed by atoms with E-state index in [1.165, 1.54) is 0 Å². The number of halogens is 1. The first kappa shape index (κ1) is 15.0. The first-order valence-corrected chi connectivity index (χ1v) is 7.34. The Morgan fingerprint density at radius 1 is 1.45 bits per heavy atom. The first-order chi connectivity index (χ1) is 9.59. The molecular weight excluding hydrogens is 272 g/mol. The van der Waals surface area contributed by atoms with E-state index in [4.69, 9.17) is 17.0 Å². The monoisotopic (exact) mass is 292 g/mol. The lowest BCUT2D eigenvalue weighted by Crippen LogP contribution is -2.33. The van der Waals surface area contributed by atoms with Crippen LogP contribution in [0.15, 0.2) is 35.1 Å². The topological polar surface area (TPSA) is 52.0 Å². The third kappa shape index (κ3) is 3.58. The van der Waals surface area contributed by atoms with E-state index in [1.54, 1.807) is 6.20 Å². The van der Waals surface area contributed by atoms with Gasteiger partial charge in [0.05, 0.1) is 10.7 Å². The molecular formula is C15H21ClN4. The van der Waals surface area contributed by atoms with Gasteiger partial charge in [-0.3, -0.25) is 15.3 Å². The Morgan fingerprint density at radius 2 is 2.25 bits per heavy atom. The molecule has 0 saturated carbocycles. The molecule has 1 aliphatic heterocycles. The molecule has 5 heteroatoms. The van der Waals surface area contributed by atoms with Crippen molar-refractivity contribution >= 4 is 17.3 Å². The van der Waals surface area contributed by atoms with Crippen molar-refractivity contribution in [3.05, 3.63) is 40.8 Å². The highest BCUT2D eigenvalue weighted by Crippen LogP contribution is 2.17. The molecule has 0 unspecified atom stereocenters. The molecule has 4 nitrogen and oxygen atoms in total. The zero-order valence-corrected chi connectivity index (χ0v) is 12.7. The van der Waals surface area contributed by atoms with Gasteiger partial charge in [0, 0.05) is 37.6 Å². The van der Waals surface area contributed by atoms with Crippen molar-refractivity contribution in [3.8, 4) is 0 Å². The molecule has 0 aliphatic carbocycles. The molecule has 0 radical (unpaired) electrons. The summed E-state index contributed by atoms with van der Waals surface area (Å²) in [5, 5.41) is 12.0. The number of hydrogen-bond donors (Lipinski definition) is 2. The summed E-state index contributed by atoms with van der Waals surface area (Å²) in [5.74, 6) is 0. The van der Waals surface area contributed by atoms with Crippen LogP contribution in [0.4, 0.5) is 0 Å². The molecule has 108 valence electrons. The molecule has 1 saturated heterocycles. The van der Waals surface area contributed by atoms with Crippen LogP contribution in [0.2, 0.25) is 0 Å². The van der Waals surface area contributed by atoms with Crippen LogP contribution in [-0.4, -0.2) is 41.3 Å². The minimum Gasteiger partial charge on any atom is -0.386 e. The summed E-state index contributed by atoms with van der Waals surface area (Å²) in [4.78, 5) is 6.55. The number of nitrogens with one attached hydrogen (secondary N) is 2. The fraction of sp³-hybridized carbons (Fsp3) is 0.467.